The second-order valence-corrected chi connectivity index (χ2v) is 5.73. The van der Waals surface area contributed by atoms with Crippen LogP contribution in [0, 0.1) is 0 Å². The van der Waals surface area contributed by atoms with E-state index in [-0.39, 0.29) is 5.89 Å². The standard InChI is InChI=1S/C17H12F3N5O2/c18-17(19,20)11-3-7-13(8-4-11)26-12-5-1-10(2-6-12)15-22-16(27-24-15)14-9-21-25-23-14/h1,3-5,7-9H,2,6H2,(H,21,23,25). The van der Waals surface area contributed by atoms with Crippen LogP contribution in [0.5, 0.6) is 5.75 Å². The highest BCUT2D eigenvalue weighted by Crippen LogP contribution is 2.32. The zero-order valence-corrected chi connectivity index (χ0v) is 13.7. The lowest BCUT2D eigenvalue weighted by atomic mass is 10.0. The van der Waals surface area contributed by atoms with Crippen molar-refractivity contribution in [1.82, 2.24) is 25.6 Å². The lowest BCUT2D eigenvalue weighted by Gasteiger charge is -2.14. The van der Waals surface area contributed by atoms with Crippen LogP contribution in [0.25, 0.3) is 17.2 Å². The first-order valence-electron chi connectivity index (χ1n) is 7.94. The monoisotopic (exact) mass is 375 g/mol. The number of hydrogen-bond acceptors (Lipinski definition) is 6. The molecule has 10 heteroatoms. The predicted octanol–water partition coefficient (Wildman–Crippen LogP) is 4.01. The third-order valence-electron chi connectivity index (χ3n) is 3.89. The Labute approximate surface area is 150 Å². The number of H-pyrrole nitrogens is 1. The Kier molecular flexibility index (Phi) is 4.22. The third-order valence-corrected chi connectivity index (χ3v) is 3.89. The van der Waals surface area contributed by atoms with Crippen LogP contribution in [0.2, 0.25) is 0 Å². The van der Waals surface area contributed by atoms with Crippen LogP contribution < -0.4 is 4.74 Å². The van der Waals surface area contributed by atoms with Crippen LogP contribution in [0.4, 0.5) is 13.2 Å². The molecule has 3 aromatic rings. The van der Waals surface area contributed by atoms with E-state index in [1.807, 2.05) is 0 Å². The molecule has 1 aliphatic rings. The Hall–Kier alpha value is -3.43. The van der Waals surface area contributed by atoms with Crippen molar-refractivity contribution in [1.29, 1.82) is 0 Å². The summed E-state index contributed by atoms with van der Waals surface area (Å²) in [6.07, 6.45) is 1.80. The number of nitrogens with one attached hydrogen (secondary N) is 1. The zero-order valence-electron chi connectivity index (χ0n) is 13.7. The minimum Gasteiger partial charge on any atom is -0.462 e. The number of aromatic nitrogens is 5. The normalized spacial score (nSPS) is 14.6. The lowest BCUT2D eigenvalue weighted by molar-refractivity contribution is -0.137. The molecule has 0 bridgehead atoms. The van der Waals surface area contributed by atoms with Crippen molar-refractivity contribution in [2.24, 2.45) is 0 Å². The summed E-state index contributed by atoms with van der Waals surface area (Å²) in [4.78, 5) is 4.27. The van der Waals surface area contributed by atoms with Gasteiger partial charge in [0.05, 0.1) is 11.8 Å². The number of aromatic amines is 1. The molecule has 0 saturated carbocycles. The van der Waals surface area contributed by atoms with Gasteiger partial charge in [0.1, 0.15) is 11.5 Å². The molecule has 138 valence electrons. The highest BCUT2D eigenvalue weighted by atomic mass is 19.4. The summed E-state index contributed by atoms with van der Waals surface area (Å²) in [5.74, 6) is 1.69. The van der Waals surface area contributed by atoms with Gasteiger partial charge in [0, 0.05) is 12.0 Å². The van der Waals surface area contributed by atoms with E-state index in [0.29, 0.717) is 35.9 Å². The summed E-state index contributed by atoms with van der Waals surface area (Å²) in [6.45, 7) is 0. The highest BCUT2D eigenvalue weighted by molar-refractivity contribution is 5.64. The molecule has 1 N–H and O–H groups in total. The van der Waals surface area contributed by atoms with Gasteiger partial charge in [0.2, 0.25) is 0 Å². The predicted molar refractivity (Wildman–Crippen MR) is 87.0 cm³/mol. The summed E-state index contributed by atoms with van der Waals surface area (Å²) in [5.41, 5.74) is 0.593. The van der Waals surface area contributed by atoms with Crippen LogP contribution in [-0.2, 0) is 6.18 Å². The zero-order chi connectivity index (χ0) is 18.9. The first-order chi connectivity index (χ1) is 13.0. The number of ether oxygens (including phenoxy) is 1. The van der Waals surface area contributed by atoms with Crippen molar-refractivity contribution in [3.8, 4) is 17.3 Å². The summed E-state index contributed by atoms with van der Waals surface area (Å²) in [5, 5.41) is 13.9. The van der Waals surface area contributed by atoms with E-state index in [1.165, 1.54) is 18.3 Å². The van der Waals surface area contributed by atoms with Crippen LogP contribution in [-0.4, -0.2) is 25.6 Å². The van der Waals surface area contributed by atoms with Crippen LogP contribution in [0.15, 0.2) is 52.9 Å². The molecule has 0 saturated heterocycles. The molecule has 0 atom stereocenters. The van der Waals surface area contributed by atoms with E-state index in [2.05, 4.69) is 25.6 Å². The Morgan fingerprint density at radius 2 is 1.89 bits per heavy atom. The first kappa shape index (κ1) is 17.0. The highest BCUT2D eigenvalue weighted by Gasteiger charge is 2.30. The number of rotatable bonds is 4. The number of hydrogen-bond donors (Lipinski definition) is 1. The molecule has 4 rings (SSSR count). The third kappa shape index (κ3) is 3.73. The van der Waals surface area contributed by atoms with E-state index >= 15 is 0 Å². The summed E-state index contributed by atoms with van der Waals surface area (Å²) >= 11 is 0. The molecule has 0 radical (unpaired) electrons. The molecule has 7 nitrogen and oxygen atoms in total. The fourth-order valence-corrected chi connectivity index (χ4v) is 2.52. The second kappa shape index (κ2) is 6.71. The van der Waals surface area contributed by atoms with Crippen molar-refractivity contribution in [2.75, 3.05) is 0 Å². The van der Waals surface area contributed by atoms with E-state index < -0.39 is 11.7 Å². The van der Waals surface area contributed by atoms with Gasteiger partial charge in [-0.15, -0.1) is 0 Å². The van der Waals surface area contributed by atoms with Gasteiger partial charge in [-0.1, -0.05) is 11.2 Å². The van der Waals surface area contributed by atoms with Gasteiger partial charge in [-0.2, -0.15) is 33.6 Å². The van der Waals surface area contributed by atoms with Crippen LogP contribution in [0.1, 0.15) is 24.2 Å². The molecule has 0 fully saturated rings. The Bertz CT molecular complexity index is 989. The molecule has 0 spiro atoms. The molecule has 2 aromatic heterocycles. The molecule has 0 unspecified atom stereocenters. The molecule has 0 amide bonds. The van der Waals surface area contributed by atoms with Crippen molar-refractivity contribution in [2.45, 2.75) is 19.0 Å². The van der Waals surface area contributed by atoms with E-state index in [4.69, 9.17) is 9.26 Å². The number of halogens is 3. The maximum Gasteiger partial charge on any atom is 0.416 e. The average molecular weight is 375 g/mol. The fourth-order valence-electron chi connectivity index (χ4n) is 2.52. The van der Waals surface area contributed by atoms with Gasteiger partial charge in [0.15, 0.2) is 11.5 Å². The Morgan fingerprint density at radius 1 is 1.07 bits per heavy atom. The maximum absolute atomic E-state index is 12.6. The van der Waals surface area contributed by atoms with Crippen molar-refractivity contribution < 1.29 is 22.4 Å². The fraction of sp³-hybridized carbons (Fsp3) is 0.176. The minimum atomic E-state index is -4.37. The molecular weight excluding hydrogens is 363 g/mol. The van der Waals surface area contributed by atoms with Crippen LogP contribution in [0.3, 0.4) is 0 Å². The number of allylic oxidation sites excluding steroid dienone is 4. The molecule has 1 aliphatic carbocycles. The minimum absolute atomic E-state index is 0.260. The van der Waals surface area contributed by atoms with Gasteiger partial charge in [-0.25, -0.2) is 0 Å². The molecule has 2 heterocycles. The summed E-state index contributed by atoms with van der Waals surface area (Å²) in [7, 11) is 0. The SMILES string of the molecule is FC(F)(F)c1ccc(OC2=CC=C(c3noc(-c4cn[nH]n4)n3)CC2)cc1. The number of nitrogens with zero attached hydrogens (tertiary/aromatic N) is 4. The largest absolute Gasteiger partial charge is 0.462 e. The van der Waals surface area contributed by atoms with Gasteiger partial charge >= 0.3 is 6.18 Å². The number of alkyl halides is 3. The van der Waals surface area contributed by atoms with E-state index in [0.717, 1.165) is 17.7 Å². The molecule has 1 aromatic carbocycles. The van der Waals surface area contributed by atoms with Crippen molar-refractivity contribution >= 4 is 5.57 Å². The molecule has 0 aliphatic heterocycles. The Morgan fingerprint density at radius 3 is 2.52 bits per heavy atom. The van der Waals surface area contributed by atoms with Crippen molar-refractivity contribution in [3.63, 3.8) is 0 Å². The smallest absolute Gasteiger partial charge is 0.416 e. The quantitative estimate of drug-likeness (QED) is 0.741. The maximum atomic E-state index is 12.6. The topological polar surface area (TPSA) is 89.7 Å². The lowest BCUT2D eigenvalue weighted by Crippen LogP contribution is -2.05. The Balaban J connectivity index is 1.45. The molecule has 27 heavy (non-hydrogen) atoms. The number of benzene rings is 1. The van der Waals surface area contributed by atoms with Crippen LogP contribution >= 0.6 is 0 Å². The molecular formula is C17H12F3N5O2. The van der Waals surface area contributed by atoms with Gasteiger partial charge in [0.25, 0.3) is 5.89 Å². The first-order valence-corrected chi connectivity index (χ1v) is 7.94. The van der Waals surface area contributed by atoms with Gasteiger partial charge < -0.3 is 9.26 Å². The van der Waals surface area contributed by atoms with E-state index in [1.54, 1.807) is 12.2 Å². The summed E-state index contributed by atoms with van der Waals surface area (Å²) < 4.78 is 48.5. The van der Waals surface area contributed by atoms with Crippen molar-refractivity contribution in [3.05, 3.63) is 59.8 Å². The summed E-state index contributed by atoms with van der Waals surface area (Å²) in [6, 6.07) is 4.58. The van der Waals surface area contributed by atoms with Gasteiger partial charge in [-0.05, 0) is 36.8 Å². The van der Waals surface area contributed by atoms with Gasteiger partial charge in [-0.3, -0.25) is 0 Å². The second-order valence-electron chi connectivity index (χ2n) is 5.73. The average Bonchev–Trinajstić information content (AvgIpc) is 3.34. The van der Waals surface area contributed by atoms with E-state index in [9.17, 15) is 13.2 Å².